The van der Waals surface area contributed by atoms with Gasteiger partial charge < -0.3 is 9.63 Å². The van der Waals surface area contributed by atoms with Crippen molar-refractivity contribution in [3.63, 3.8) is 0 Å². The minimum Gasteiger partial charge on any atom is -0.392 e. The van der Waals surface area contributed by atoms with Crippen LogP contribution in [0.5, 0.6) is 0 Å². The van der Waals surface area contributed by atoms with E-state index in [1.54, 1.807) is 12.4 Å². The number of pyridine rings is 1. The Bertz CT molecular complexity index is 570. The van der Waals surface area contributed by atoms with E-state index < -0.39 is 0 Å². The van der Waals surface area contributed by atoms with Gasteiger partial charge >= 0.3 is 0 Å². The van der Waals surface area contributed by atoms with Crippen LogP contribution >= 0.6 is 0 Å². The molecule has 0 radical (unpaired) electrons. The van der Waals surface area contributed by atoms with Gasteiger partial charge in [0, 0.05) is 30.5 Å². The zero-order valence-corrected chi connectivity index (χ0v) is 11.6. The van der Waals surface area contributed by atoms with Crippen LogP contribution < -0.4 is 0 Å². The molecule has 0 aliphatic carbocycles. The summed E-state index contributed by atoms with van der Waals surface area (Å²) in [5.74, 6) is 1.13. The fourth-order valence-electron chi connectivity index (χ4n) is 2.64. The number of aliphatic hydroxyl groups is 1. The summed E-state index contributed by atoms with van der Waals surface area (Å²) >= 11 is 0. The summed E-state index contributed by atoms with van der Waals surface area (Å²) < 4.78 is 5.40. The van der Waals surface area contributed by atoms with Crippen LogP contribution in [0.25, 0.3) is 11.4 Å². The monoisotopic (exact) mass is 274 g/mol. The van der Waals surface area contributed by atoms with Gasteiger partial charge in [0.2, 0.25) is 11.7 Å². The van der Waals surface area contributed by atoms with Crippen molar-refractivity contribution in [1.82, 2.24) is 20.0 Å². The van der Waals surface area contributed by atoms with Crippen molar-refractivity contribution in [2.45, 2.75) is 38.5 Å². The molecule has 6 nitrogen and oxygen atoms in total. The quantitative estimate of drug-likeness (QED) is 0.917. The van der Waals surface area contributed by atoms with Gasteiger partial charge in [0.1, 0.15) is 0 Å². The maximum Gasteiger partial charge on any atom is 0.244 e. The molecule has 1 aliphatic heterocycles. The molecule has 0 unspecified atom stereocenters. The fraction of sp³-hybridized carbons (Fsp3) is 0.500. The Balaban J connectivity index is 1.86. The van der Waals surface area contributed by atoms with Gasteiger partial charge in [0.15, 0.2) is 0 Å². The number of hydrogen-bond acceptors (Lipinski definition) is 6. The van der Waals surface area contributed by atoms with Gasteiger partial charge in [-0.05, 0) is 32.4 Å². The summed E-state index contributed by atoms with van der Waals surface area (Å²) in [4.78, 5) is 10.6. The molecule has 2 atom stereocenters. The lowest BCUT2D eigenvalue weighted by atomic mass is 10.2. The summed E-state index contributed by atoms with van der Waals surface area (Å²) in [6.45, 7) is 4.85. The highest BCUT2D eigenvalue weighted by atomic mass is 16.5. The van der Waals surface area contributed by atoms with Crippen molar-refractivity contribution < 1.29 is 9.63 Å². The fourth-order valence-corrected chi connectivity index (χ4v) is 2.64. The maximum absolute atomic E-state index is 9.86. The minimum atomic E-state index is -0.335. The number of hydrogen-bond donors (Lipinski definition) is 1. The molecular formula is C14H18N4O2. The molecule has 1 N–H and O–H groups in total. The van der Waals surface area contributed by atoms with Crippen LogP contribution in [0, 0.1) is 0 Å². The predicted octanol–water partition coefficient (Wildman–Crippen LogP) is 1.65. The molecule has 2 aromatic heterocycles. The van der Waals surface area contributed by atoms with Crippen LogP contribution in [0.4, 0.5) is 0 Å². The highest BCUT2D eigenvalue weighted by molar-refractivity contribution is 5.52. The normalized spacial score (nSPS) is 23.6. The Hall–Kier alpha value is -1.79. The summed E-state index contributed by atoms with van der Waals surface area (Å²) in [6.07, 6.45) is 3.70. The summed E-state index contributed by atoms with van der Waals surface area (Å²) in [5, 5.41) is 13.9. The van der Waals surface area contributed by atoms with E-state index in [-0.39, 0.29) is 12.1 Å². The molecular weight excluding hydrogens is 256 g/mol. The standard InChI is InChI=1S/C14H18N4O2/c1-9(2)18-8-11(19)7-12(18)14-16-13(17-20-14)10-3-5-15-6-4-10/h3-6,9,11-12,19H,7-8H2,1-2H3/t11-,12+/m1/s1. The highest BCUT2D eigenvalue weighted by Crippen LogP contribution is 2.33. The molecule has 106 valence electrons. The average molecular weight is 274 g/mol. The van der Waals surface area contributed by atoms with E-state index in [4.69, 9.17) is 4.52 Å². The number of aromatic nitrogens is 3. The molecule has 0 amide bonds. The van der Waals surface area contributed by atoms with E-state index in [1.807, 2.05) is 12.1 Å². The third kappa shape index (κ3) is 2.44. The Kier molecular flexibility index (Phi) is 3.50. The van der Waals surface area contributed by atoms with Crippen molar-refractivity contribution in [1.29, 1.82) is 0 Å². The second kappa shape index (κ2) is 5.30. The molecule has 2 aromatic rings. The smallest absolute Gasteiger partial charge is 0.244 e. The van der Waals surface area contributed by atoms with Crippen LogP contribution in [-0.4, -0.2) is 43.8 Å². The predicted molar refractivity (Wildman–Crippen MR) is 72.7 cm³/mol. The first-order valence-electron chi connectivity index (χ1n) is 6.83. The van der Waals surface area contributed by atoms with Crippen LogP contribution in [0.15, 0.2) is 29.0 Å². The van der Waals surface area contributed by atoms with E-state index in [1.165, 1.54) is 0 Å². The maximum atomic E-state index is 9.86. The molecule has 1 fully saturated rings. The van der Waals surface area contributed by atoms with Gasteiger partial charge in [-0.2, -0.15) is 4.98 Å². The van der Waals surface area contributed by atoms with E-state index in [0.717, 1.165) is 5.56 Å². The number of nitrogens with zero attached hydrogens (tertiary/aromatic N) is 4. The molecule has 6 heteroatoms. The lowest BCUT2D eigenvalue weighted by molar-refractivity contribution is 0.150. The Morgan fingerprint density at radius 2 is 2.10 bits per heavy atom. The van der Waals surface area contributed by atoms with Gasteiger partial charge in [-0.15, -0.1) is 0 Å². The van der Waals surface area contributed by atoms with Crippen molar-refractivity contribution in [2.75, 3.05) is 6.54 Å². The zero-order valence-electron chi connectivity index (χ0n) is 11.6. The largest absolute Gasteiger partial charge is 0.392 e. The zero-order chi connectivity index (χ0) is 14.1. The SMILES string of the molecule is CC(C)N1C[C@H](O)C[C@H]1c1nc(-c2ccncc2)no1. The van der Waals surface area contributed by atoms with Crippen molar-refractivity contribution in [3.8, 4) is 11.4 Å². The van der Waals surface area contributed by atoms with E-state index in [2.05, 4.69) is 33.9 Å². The van der Waals surface area contributed by atoms with Crippen LogP contribution in [0.3, 0.4) is 0 Å². The van der Waals surface area contributed by atoms with E-state index in [9.17, 15) is 5.11 Å². The highest BCUT2D eigenvalue weighted by Gasteiger charge is 2.37. The number of aliphatic hydroxyl groups excluding tert-OH is 1. The Labute approximate surface area is 117 Å². The molecule has 0 bridgehead atoms. The first-order chi connectivity index (χ1) is 9.65. The first-order valence-corrected chi connectivity index (χ1v) is 6.83. The lowest BCUT2D eigenvalue weighted by Crippen LogP contribution is -2.31. The second-order valence-corrected chi connectivity index (χ2v) is 5.39. The second-order valence-electron chi connectivity index (χ2n) is 5.39. The topological polar surface area (TPSA) is 75.3 Å². The van der Waals surface area contributed by atoms with Gasteiger partial charge in [0.25, 0.3) is 0 Å². The molecule has 0 saturated carbocycles. The lowest BCUT2D eigenvalue weighted by Gasteiger charge is -2.25. The van der Waals surface area contributed by atoms with Gasteiger partial charge in [0.05, 0.1) is 12.1 Å². The molecule has 3 rings (SSSR count). The van der Waals surface area contributed by atoms with E-state index in [0.29, 0.717) is 30.7 Å². The minimum absolute atomic E-state index is 0.00640. The van der Waals surface area contributed by atoms with Gasteiger partial charge in [-0.25, -0.2) is 0 Å². The van der Waals surface area contributed by atoms with Crippen LogP contribution in [0.1, 0.15) is 32.2 Å². The van der Waals surface area contributed by atoms with Gasteiger partial charge in [-0.3, -0.25) is 9.88 Å². The van der Waals surface area contributed by atoms with Crippen molar-refractivity contribution in [2.24, 2.45) is 0 Å². The molecule has 20 heavy (non-hydrogen) atoms. The third-order valence-electron chi connectivity index (χ3n) is 3.65. The Morgan fingerprint density at radius 3 is 2.80 bits per heavy atom. The van der Waals surface area contributed by atoms with Gasteiger partial charge in [-0.1, -0.05) is 5.16 Å². The van der Waals surface area contributed by atoms with Crippen molar-refractivity contribution in [3.05, 3.63) is 30.4 Å². The van der Waals surface area contributed by atoms with E-state index >= 15 is 0 Å². The number of likely N-dealkylation sites (tertiary alicyclic amines) is 1. The number of rotatable bonds is 3. The summed E-state index contributed by atoms with van der Waals surface area (Å²) in [6, 6.07) is 4.01. The Morgan fingerprint density at radius 1 is 1.35 bits per heavy atom. The third-order valence-corrected chi connectivity index (χ3v) is 3.65. The van der Waals surface area contributed by atoms with Crippen LogP contribution in [0.2, 0.25) is 0 Å². The first kappa shape index (κ1) is 13.2. The average Bonchev–Trinajstić information content (AvgIpc) is 3.06. The molecule has 1 aliphatic rings. The molecule has 3 heterocycles. The molecule has 1 saturated heterocycles. The van der Waals surface area contributed by atoms with Crippen LogP contribution in [-0.2, 0) is 0 Å². The van der Waals surface area contributed by atoms with Crippen molar-refractivity contribution >= 4 is 0 Å². The molecule has 0 aromatic carbocycles. The molecule has 0 spiro atoms. The summed E-state index contributed by atoms with van der Waals surface area (Å²) in [7, 11) is 0. The summed E-state index contributed by atoms with van der Waals surface area (Å²) in [5.41, 5.74) is 0.879. The number of β-amino-alcohol motifs (C(OH)–C–C–N with tert-alkyl or cyclic N) is 1.